The molecule has 1 N–H and O–H groups in total. The maximum absolute atomic E-state index is 9.50. The highest BCUT2D eigenvalue weighted by Gasteiger charge is 2.35. The Labute approximate surface area is 81.9 Å². The third-order valence-electron chi connectivity index (χ3n) is 3.91. The lowest BCUT2D eigenvalue weighted by molar-refractivity contribution is 0.130. The largest absolute Gasteiger partial charge is 0.513 e. The maximum atomic E-state index is 9.50. The number of aliphatic hydroxyl groups is 1. The summed E-state index contributed by atoms with van der Waals surface area (Å²) in [5, 5.41) is 9.50. The van der Waals surface area contributed by atoms with E-state index in [0.29, 0.717) is 17.1 Å². The minimum Gasteiger partial charge on any atom is -0.513 e. The molecule has 0 amide bonds. The van der Waals surface area contributed by atoms with Gasteiger partial charge in [0.2, 0.25) is 0 Å². The predicted octanol–water partition coefficient (Wildman–Crippen LogP) is 4.05. The van der Waals surface area contributed by atoms with E-state index in [4.69, 9.17) is 0 Å². The highest BCUT2D eigenvalue weighted by molar-refractivity contribution is 5.07. The van der Waals surface area contributed by atoms with Crippen LogP contribution in [0.2, 0.25) is 0 Å². The SMILES string of the molecule is CCC1C=C(O)CCC1(CC)CC. The molecule has 0 bridgehead atoms. The molecule has 0 aromatic heterocycles. The van der Waals surface area contributed by atoms with Crippen molar-refractivity contribution in [3.63, 3.8) is 0 Å². The summed E-state index contributed by atoms with van der Waals surface area (Å²) in [4.78, 5) is 0. The van der Waals surface area contributed by atoms with Crippen LogP contribution in [0.5, 0.6) is 0 Å². The summed E-state index contributed by atoms with van der Waals surface area (Å²) in [6, 6.07) is 0. The van der Waals surface area contributed by atoms with Gasteiger partial charge in [-0.15, -0.1) is 0 Å². The van der Waals surface area contributed by atoms with Gasteiger partial charge in [-0.05, 0) is 43.1 Å². The zero-order valence-electron chi connectivity index (χ0n) is 9.14. The minimum atomic E-state index is 0.473. The number of hydrogen-bond donors (Lipinski definition) is 1. The van der Waals surface area contributed by atoms with E-state index in [1.807, 2.05) is 0 Å². The van der Waals surface area contributed by atoms with E-state index in [-0.39, 0.29) is 0 Å². The molecule has 1 aliphatic rings. The van der Waals surface area contributed by atoms with Crippen LogP contribution in [0.15, 0.2) is 11.8 Å². The van der Waals surface area contributed by atoms with E-state index in [2.05, 4.69) is 26.8 Å². The summed E-state index contributed by atoms with van der Waals surface area (Å²) in [5.41, 5.74) is 0.473. The van der Waals surface area contributed by atoms with Crippen LogP contribution in [-0.4, -0.2) is 5.11 Å². The van der Waals surface area contributed by atoms with Crippen LogP contribution < -0.4 is 0 Å². The lowest BCUT2D eigenvalue weighted by Gasteiger charge is -2.41. The molecule has 76 valence electrons. The van der Waals surface area contributed by atoms with Crippen molar-refractivity contribution in [2.45, 2.75) is 52.9 Å². The fourth-order valence-electron chi connectivity index (χ4n) is 2.73. The molecular weight excluding hydrogens is 160 g/mol. The summed E-state index contributed by atoms with van der Waals surface area (Å²) in [5.74, 6) is 1.21. The molecule has 1 aliphatic carbocycles. The van der Waals surface area contributed by atoms with Crippen molar-refractivity contribution in [1.29, 1.82) is 0 Å². The van der Waals surface area contributed by atoms with Gasteiger partial charge in [0.25, 0.3) is 0 Å². The van der Waals surface area contributed by atoms with Gasteiger partial charge in [0.15, 0.2) is 0 Å². The van der Waals surface area contributed by atoms with Gasteiger partial charge in [0.1, 0.15) is 0 Å². The van der Waals surface area contributed by atoms with Gasteiger partial charge in [-0.1, -0.05) is 20.8 Å². The van der Waals surface area contributed by atoms with Crippen molar-refractivity contribution in [3.8, 4) is 0 Å². The van der Waals surface area contributed by atoms with Gasteiger partial charge in [-0.3, -0.25) is 0 Å². The Balaban J connectivity index is 2.85. The molecule has 0 radical (unpaired) electrons. The second kappa shape index (κ2) is 4.17. The molecular formula is C12H22O. The first-order valence-electron chi connectivity index (χ1n) is 5.58. The van der Waals surface area contributed by atoms with E-state index < -0.39 is 0 Å². The standard InChI is InChI=1S/C12H22O/c1-4-10-9-11(13)7-8-12(10,5-2)6-3/h9-10,13H,4-8H2,1-3H3. The fraction of sp³-hybridized carbons (Fsp3) is 0.833. The van der Waals surface area contributed by atoms with Crippen molar-refractivity contribution in [1.82, 2.24) is 0 Å². The van der Waals surface area contributed by atoms with Crippen molar-refractivity contribution >= 4 is 0 Å². The monoisotopic (exact) mass is 182 g/mol. The molecule has 0 aliphatic heterocycles. The van der Waals surface area contributed by atoms with E-state index in [9.17, 15) is 5.11 Å². The van der Waals surface area contributed by atoms with E-state index in [1.54, 1.807) is 0 Å². The molecule has 0 aromatic rings. The predicted molar refractivity (Wildman–Crippen MR) is 56.7 cm³/mol. The first-order chi connectivity index (χ1) is 6.18. The molecule has 0 fully saturated rings. The molecule has 0 aromatic carbocycles. The van der Waals surface area contributed by atoms with E-state index in [0.717, 1.165) is 12.8 Å². The Morgan fingerprint density at radius 2 is 2.00 bits per heavy atom. The highest BCUT2D eigenvalue weighted by Crippen LogP contribution is 2.46. The van der Waals surface area contributed by atoms with Crippen LogP contribution >= 0.6 is 0 Å². The van der Waals surface area contributed by atoms with Crippen molar-refractivity contribution in [2.24, 2.45) is 11.3 Å². The zero-order chi connectivity index (χ0) is 9.90. The van der Waals surface area contributed by atoms with Crippen LogP contribution in [0.3, 0.4) is 0 Å². The van der Waals surface area contributed by atoms with Gasteiger partial charge in [0, 0.05) is 6.42 Å². The Hall–Kier alpha value is -0.460. The fourth-order valence-corrected chi connectivity index (χ4v) is 2.73. The second-order valence-electron chi connectivity index (χ2n) is 4.24. The second-order valence-corrected chi connectivity index (χ2v) is 4.24. The average molecular weight is 182 g/mol. The van der Waals surface area contributed by atoms with Gasteiger partial charge < -0.3 is 5.11 Å². The Morgan fingerprint density at radius 1 is 1.38 bits per heavy atom. The number of allylic oxidation sites excluding steroid dienone is 2. The quantitative estimate of drug-likeness (QED) is 0.698. The lowest BCUT2D eigenvalue weighted by Crippen LogP contribution is -2.31. The first-order valence-corrected chi connectivity index (χ1v) is 5.58. The van der Waals surface area contributed by atoms with Crippen LogP contribution in [0.1, 0.15) is 52.9 Å². The maximum Gasteiger partial charge on any atom is 0.0886 e. The van der Waals surface area contributed by atoms with Gasteiger partial charge in [-0.25, -0.2) is 0 Å². The highest BCUT2D eigenvalue weighted by atomic mass is 16.3. The molecule has 1 atom stereocenters. The Kier molecular flexibility index (Phi) is 3.40. The third-order valence-corrected chi connectivity index (χ3v) is 3.91. The van der Waals surface area contributed by atoms with Crippen molar-refractivity contribution < 1.29 is 5.11 Å². The van der Waals surface area contributed by atoms with E-state index in [1.165, 1.54) is 19.3 Å². The lowest BCUT2D eigenvalue weighted by atomic mass is 9.64. The first kappa shape index (κ1) is 10.6. The van der Waals surface area contributed by atoms with Gasteiger partial charge in [0.05, 0.1) is 5.76 Å². The number of aliphatic hydroxyl groups excluding tert-OH is 1. The van der Waals surface area contributed by atoms with Crippen LogP contribution in [-0.2, 0) is 0 Å². The molecule has 0 spiro atoms. The summed E-state index contributed by atoms with van der Waals surface area (Å²) in [6.45, 7) is 6.78. The molecule has 0 saturated heterocycles. The molecule has 1 heteroatoms. The van der Waals surface area contributed by atoms with Crippen LogP contribution in [0.25, 0.3) is 0 Å². The van der Waals surface area contributed by atoms with Crippen LogP contribution in [0, 0.1) is 11.3 Å². The summed E-state index contributed by atoms with van der Waals surface area (Å²) in [6.07, 6.45) is 7.79. The summed E-state index contributed by atoms with van der Waals surface area (Å²) in [7, 11) is 0. The summed E-state index contributed by atoms with van der Waals surface area (Å²) >= 11 is 0. The Bertz CT molecular complexity index is 189. The van der Waals surface area contributed by atoms with Gasteiger partial charge in [-0.2, -0.15) is 0 Å². The van der Waals surface area contributed by atoms with Crippen molar-refractivity contribution in [2.75, 3.05) is 0 Å². The molecule has 13 heavy (non-hydrogen) atoms. The Morgan fingerprint density at radius 3 is 2.46 bits per heavy atom. The number of rotatable bonds is 3. The molecule has 1 nitrogen and oxygen atoms in total. The third kappa shape index (κ3) is 1.90. The van der Waals surface area contributed by atoms with Gasteiger partial charge >= 0.3 is 0 Å². The number of hydrogen-bond acceptors (Lipinski definition) is 1. The molecule has 1 unspecified atom stereocenters. The van der Waals surface area contributed by atoms with Crippen LogP contribution in [0.4, 0.5) is 0 Å². The molecule has 1 rings (SSSR count). The average Bonchev–Trinajstić information content (AvgIpc) is 2.18. The smallest absolute Gasteiger partial charge is 0.0886 e. The van der Waals surface area contributed by atoms with Crippen molar-refractivity contribution in [3.05, 3.63) is 11.8 Å². The normalized spacial score (nSPS) is 27.0. The zero-order valence-corrected chi connectivity index (χ0v) is 9.14. The topological polar surface area (TPSA) is 20.2 Å². The van der Waals surface area contributed by atoms with E-state index >= 15 is 0 Å². The minimum absolute atomic E-state index is 0.473. The summed E-state index contributed by atoms with van der Waals surface area (Å²) < 4.78 is 0. The molecule has 0 saturated carbocycles. The molecule has 0 heterocycles.